The molecule has 20 heavy (non-hydrogen) atoms. The lowest BCUT2D eigenvalue weighted by molar-refractivity contribution is -0.0108. The summed E-state index contributed by atoms with van der Waals surface area (Å²) in [7, 11) is 0. The molecule has 0 saturated carbocycles. The first kappa shape index (κ1) is 13.3. The van der Waals surface area contributed by atoms with Gasteiger partial charge in [0, 0.05) is 30.9 Å². The second kappa shape index (κ2) is 4.68. The fraction of sp³-hybridized carbons (Fsp3) is 0.462. The normalized spacial score (nSPS) is 23.2. The van der Waals surface area contributed by atoms with Crippen LogP contribution in [0.15, 0.2) is 22.6 Å². The highest BCUT2D eigenvalue weighted by atomic mass is 32.1. The topological polar surface area (TPSA) is 74.9 Å². The standard InChI is InChI=1S/C13H15N3O3S/c1-13(19)3-2-4-15(8-13)10(17)9-7-14-12-16(11(9)18)5-6-20-12/h5-7,19H,2-4,8H2,1H3. The number of nitrogens with zero attached hydrogens (tertiary/aromatic N) is 3. The Bertz CT molecular complexity index is 719. The van der Waals surface area contributed by atoms with Crippen molar-refractivity contribution in [3.8, 4) is 0 Å². The molecular formula is C13H15N3O3S. The molecule has 3 heterocycles. The number of amides is 1. The van der Waals surface area contributed by atoms with E-state index >= 15 is 0 Å². The molecule has 0 spiro atoms. The molecular weight excluding hydrogens is 278 g/mol. The molecule has 0 bridgehead atoms. The minimum absolute atomic E-state index is 0.0543. The van der Waals surface area contributed by atoms with Gasteiger partial charge in [0.05, 0.1) is 5.60 Å². The van der Waals surface area contributed by atoms with Gasteiger partial charge in [0.1, 0.15) is 5.56 Å². The van der Waals surface area contributed by atoms with Gasteiger partial charge in [-0.1, -0.05) is 0 Å². The molecule has 0 aliphatic carbocycles. The molecule has 0 aromatic carbocycles. The number of hydrogen-bond acceptors (Lipinski definition) is 5. The number of hydrogen-bond donors (Lipinski definition) is 1. The maximum atomic E-state index is 12.4. The van der Waals surface area contributed by atoms with E-state index in [1.54, 1.807) is 18.5 Å². The predicted octanol–water partition coefficient (Wildman–Crippen LogP) is 0.743. The van der Waals surface area contributed by atoms with E-state index in [2.05, 4.69) is 4.98 Å². The highest BCUT2D eigenvalue weighted by molar-refractivity contribution is 7.15. The Morgan fingerprint density at radius 2 is 2.35 bits per heavy atom. The van der Waals surface area contributed by atoms with Crippen molar-refractivity contribution in [3.63, 3.8) is 0 Å². The van der Waals surface area contributed by atoms with Crippen LogP contribution in [0.2, 0.25) is 0 Å². The van der Waals surface area contributed by atoms with E-state index in [4.69, 9.17) is 0 Å². The van der Waals surface area contributed by atoms with Crippen LogP contribution >= 0.6 is 11.3 Å². The molecule has 2 aromatic heterocycles. The third-order valence-corrected chi connectivity index (χ3v) is 4.31. The molecule has 1 amide bonds. The molecule has 6 nitrogen and oxygen atoms in total. The van der Waals surface area contributed by atoms with E-state index < -0.39 is 5.60 Å². The number of likely N-dealkylation sites (tertiary alicyclic amines) is 1. The van der Waals surface area contributed by atoms with Gasteiger partial charge in [0.25, 0.3) is 11.5 Å². The summed E-state index contributed by atoms with van der Waals surface area (Å²) in [6, 6.07) is 0. The van der Waals surface area contributed by atoms with Crippen molar-refractivity contribution < 1.29 is 9.90 Å². The van der Waals surface area contributed by atoms with Gasteiger partial charge in [-0.3, -0.25) is 14.0 Å². The second-order valence-corrected chi connectivity index (χ2v) is 6.23. The van der Waals surface area contributed by atoms with Gasteiger partial charge in [-0.2, -0.15) is 0 Å². The lowest BCUT2D eigenvalue weighted by Gasteiger charge is -2.36. The highest BCUT2D eigenvalue weighted by Crippen LogP contribution is 2.21. The monoisotopic (exact) mass is 293 g/mol. The summed E-state index contributed by atoms with van der Waals surface area (Å²) in [4.78, 5) is 30.9. The SMILES string of the molecule is CC1(O)CCCN(C(=O)c2cnc3sccn3c2=O)C1. The fourth-order valence-electron chi connectivity index (χ4n) is 2.54. The summed E-state index contributed by atoms with van der Waals surface area (Å²) in [5.74, 6) is -0.358. The fourth-order valence-corrected chi connectivity index (χ4v) is 3.21. The van der Waals surface area contributed by atoms with E-state index in [0.29, 0.717) is 17.9 Å². The van der Waals surface area contributed by atoms with Crippen LogP contribution in [0.5, 0.6) is 0 Å². The summed E-state index contributed by atoms with van der Waals surface area (Å²) in [5, 5.41) is 11.8. The molecule has 1 fully saturated rings. The summed E-state index contributed by atoms with van der Waals surface area (Å²) in [5.41, 5.74) is -1.19. The van der Waals surface area contributed by atoms with Crippen molar-refractivity contribution in [2.24, 2.45) is 0 Å². The summed E-state index contributed by atoms with van der Waals surface area (Å²) in [6.07, 6.45) is 4.34. The molecule has 1 atom stereocenters. The number of piperidine rings is 1. The Balaban J connectivity index is 1.96. The number of fused-ring (bicyclic) bond motifs is 1. The van der Waals surface area contributed by atoms with Gasteiger partial charge in [-0.05, 0) is 19.8 Å². The molecule has 1 saturated heterocycles. The molecule has 3 rings (SSSR count). The lowest BCUT2D eigenvalue weighted by Crippen LogP contribution is -2.49. The second-order valence-electron chi connectivity index (χ2n) is 5.36. The van der Waals surface area contributed by atoms with Crippen LogP contribution in [0.4, 0.5) is 0 Å². The first-order valence-corrected chi connectivity index (χ1v) is 7.32. The summed E-state index contributed by atoms with van der Waals surface area (Å²) >= 11 is 1.34. The number of thiazole rings is 1. The summed E-state index contributed by atoms with van der Waals surface area (Å²) in [6.45, 7) is 2.51. The van der Waals surface area contributed by atoms with Gasteiger partial charge in [-0.15, -0.1) is 11.3 Å². The van der Waals surface area contributed by atoms with Crippen LogP contribution in [0.3, 0.4) is 0 Å². The zero-order valence-corrected chi connectivity index (χ0v) is 11.9. The van der Waals surface area contributed by atoms with Gasteiger partial charge in [0.2, 0.25) is 0 Å². The third kappa shape index (κ3) is 2.23. The quantitative estimate of drug-likeness (QED) is 0.841. The summed E-state index contributed by atoms with van der Waals surface area (Å²) < 4.78 is 1.37. The largest absolute Gasteiger partial charge is 0.388 e. The average Bonchev–Trinajstić information content (AvgIpc) is 2.86. The van der Waals surface area contributed by atoms with Crippen molar-refractivity contribution >= 4 is 22.2 Å². The van der Waals surface area contributed by atoms with Crippen molar-refractivity contribution in [2.45, 2.75) is 25.4 Å². The van der Waals surface area contributed by atoms with Crippen molar-refractivity contribution in [1.82, 2.24) is 14.3 Å². The molecule has 7 heteroatoms. The first-order valence-electron chi connectivity index (χ1n) is 6.44. The first-order chi connectivity index (χ1) is 9.48. The third-order valence-electron chi connectivity index (χ3n) is 3.54. The van der Waals surface area contributed by atoms with Gasteiger partial charge in [0.15, 0.2) is 4.96 Å². The smallest absolute Gasteiger partial charge is 0.271 e. The molecule has 0 radical (unpaired) electrons. The van der Waals surface area contributed by atoms with Crippen LogP contribution in [-0.2, 0) is 0 Å². The van der Waals surface area contributed by atoms with E-state index in [1.165, 1.54) is 26.8 Å². The molecule has 106 valence electrons. The van der Waals surface area contributed by atoms with E-state index in [0.717, 1.165) is 6.42 Å². The molecule has 1 N–H and O–H groups in total. The Kier molecular flexibility index (Phi) is 3.10. The number of aromatic nitrogens is 2. The van der Waals surface area contributed by atoms with Crippen LogP contribution in [0.1, 0.15) is 30.1 Å². The maximum absolute atomic E-state index is 12.4. The minimum atomic E-state index is -0.885. The van der Waals surface area contributed by atoms with Crippen molar-refractivity contribution in [3.05, 3.63) is 33.7 Å². The molecule has 1 unspecified atom stereocenters. The maximum Gasteiger partial charge on any atom is 0.271 e. The molecule has 2 aromatic rings. The van der Waals surface area contributed by atoms with Crippen molar-refractivity contribution in [1.29, 1.82) is 0 Å². The van der Waals surface area contributed by atoms with Gasteiger partial charge >= 0.3 is 0 Å². The highest BCUT2D eigenvalue weighted by Gasteiger charge is 2.32. The van der Waals surface area contributed by atoms with Crippen LogP contribution < -0.4 is 5.56 Å². The molecule has 1 aliphatic rings. The Morgan fingerprint density at radius 3 is 3.10 bits per heavy atom. The average molecular weight is 293 g/mol. The lowest BCUT2D eigenvalue weighted by atomic mass is 9.95. The Morgan fingerprint density at radius 1 is 1.55 bits per heavy atom. The Hall–Kier alpha value is -1.73. The Labute approximate surface area is 119 Å². The van der Waals surface area contributed by atoms with Crippen molar-refractivity contribution in [2.75, 3.05) is 13.1 Å². The number of carbonyl (C=O) groups excluding carboxylic acids is 1. The van der Waals surface area contributed by atoms with E-state index in [9.17, 15) is 14.7 Å². The zero-order chi connectivity index (χ0) is 14.3. The van der Waals surface area contributed by atoms with Crippen LogP contribution in [-0.4, -0.2) is 44.0 Å². The predicted molar refractivity (Wildman–Crippen MR) is 75.1 cm³/mol. The zero-order valence-electron chi connectivity index (χ0n) is 11.1. The minimum Gasteiger partial charge on any atom is -0.388 e. The van der Waals surface area contributed by atoms with Gasteiger partial charge in [-0.25, -0.2) is 4.98 Å². The van der Waals surface area contributed by atoms with Crippen LogP contribution in [0, 0.1) is 0 Å². The molecule has 1 aliphatic heterocycles. The number of β-amino-alcohol motifs (C(OH)–C–C–N with tert-alkyl or cyclic N) is 1. The number of aliphatic hydroxyl groups is 1. The number of carbonyl (C=O) groups is 1. The number of rotatable bonds is 1. The van der Waals surface area contributed by atoms with E-state index in [-0.39, 0.29) is 23.6 Å². The van der Waals surface area contributed by atoms with E-state index in [1.807, 2.05) is 0 Å². The van der Waals surface area contributed by atoms with Crippen LogP contribution in [0.25, 0.3) is 4.96 Å². The van der Waals surface area contributed by atoms with Gasteiger partial charge < -0.3 is 10.0 Å².